The first kappa shape index (κ1) is 17.2. The fourth-order valence-electron chi connectivity index (χ4n) is 1.84. The number of nitrogens with one attached hydrogen (secondary N) is 2. The summed E-state index contributed by atoms with van der Waals surface area (Å²) in [6.07, 6.45) is 3.09. The number of amides is 2. The van der Waals surface area contributed by atoms with Crippen molar-refractivity contribution in [3.05, 3.63) is 52.8 Å². The van der Waals surface area contributed by atoms with Crippen LogP contribution in [-0.4, -0.2) is 22.5 Å². The second-order valence-corrected chi connectivity index (χ2v) is 5.46. The van der Waals surface area contributed by atoms with Crippen LogP contribution in [0, 0.1) is 16.0 Å². The van der Waals surface area contributed by atoms with Crippen molar-refractivity contribution in [2.24, 2.45) is 5.92 Å². The normalized spacial score (nSPS) is 10.3. The van der Waals surface area contributed by atoms with Gasteiger partial charge in [-0.25, -0.2) is 4.79 Å². The monoisotopic (exact) mass is 330 g/mol. The van der Waals surface area contributed by atoms with Gasteiger partial charge in [-0.05, 0) is 30.2 Å². The third kappa shape index (κ3) is 4.94. The molecule has 0 atom stereocenters. The van der Waals surface area contributed by atoms with Gasteiger partial charge >= 0.3 is 11.7 Å². The summed E-state index contributed by atoms with van der Waals surface area (Å²) in [5.41, 5.74) is 0.663. The molecular formula is C16H18N4O4. The number of rotatable bonds is 6. The van der Waals surface area contributed by atoms with Gasteiger partial charge in [0.05, 0.1) is 11.5 Å². The van der Waals surface area contributed by atoms with Gasteiger partial charge in [0, 0.05) is 29.8 Å². The zero-order valence-corrected chi connectivity index (χ0v) is 13.4. The molecule has 0 unspecified atom stereocenters. The van der Waals surface area contributed by atoms with Crippen LogP contribution >= 0.6 is 0 Å². The molecule has 0 aliphatic heterocycles. The Morgan fingerprint density at radius 2 is 1.88 bits per heavy atom. The summed E-state index contributed by atoms with van der Waals surface area (Å²) in [6, 6.07) is 7.04. The first-order chi connectivity index (χ1) is 11.5. The van der Waals surface area contributed by atoms with Gasteiger partial charge in [-0.15, -0.1) is 0 Å². The summed E-state index contributed by atoms with van der Waals surface area (Å²) in [5, 5.41) is 16.3. The highest BCUT2D eigenvalue weighted by atomic mass is 16.6. The van der Waals surface area contributed by atoms with Gasteiger partial charge in [-0.1, -0.05) is 13.8 Å². The molecule has 0 aliphatic carbocycles. The van der Waals surface area contributed by atoms with E-state index in [1.807, 2.05) is 13.8 Å². The molecule has 8 nitrogen and oxygen atoms in total. The van der Waals surface area contributed by atoms with Crippen LogP contribution in [0.5, 0.6) is 5.75 Å². The number of hydrogen-bond donors (Lipinski definition) is 2. The van der Waals surface area contributed by atoms with Gasteiger partial charge in [0.1, 0.15) is 0 Å². The number of ether oxygens (including phenoxy) is 1. The summed E-state index contributed by atoms with van der Waals surface area (Å²) in [4.78, 5) is 26.4. The molecule has 2 aromatic rings. The average molecular weight is 330 g/mol. The minimum absolute atomic E-state index is 0.175. The van der Waals surface area contributed by atoms with E-state index in [4.69, 9.17) is 4.74 Å². The zero-order chi connectivity index (χ0) is 17.5. The molecule has 0 fully saturated rings. The Morgan fingerprint density at radius 3 is 2.50 bits per heavy atom. The second kappa shape index (κ2) is 7.91. The van der Waals surface area contributed by atoms with Gasteiger partial charge in [0.2, 0.25) is 0 Å². The van der Waals surface area contributed by atoms with E-state index in [1.54, 1.807) is 30.6 Å². The highest BCUT2D eigenvalue weighted by Crippen LogP contribution is 2.30. The number of carbonyl (C=O) groups excluding carboxylic acids is 1. The van der Waals surface area contributed by atoms with Crippen molar-refractivity contribution in [1.82, 2.24) is 4.98 Å². The predicted molar refractivity (Wildman–Crippen MR) is 90.3 cm³/mol. The third-order valence-electron chi connectivity index (χ3n) is 2.92. The molecule has 0 saturated heterocycles. The quantitative estimate of drug-likeness (QED) is 0.621. The highest BCUT2D eigenvalue weighted by Gasteiger charge is 2.17. The van der Waals surface area contributed by atoms with Crippen LogP contribution in [0.25, 0.3) is 0 Å². The van der Waals surface area contributed by atoms with E-state index in [2.05, 4.69) is 15.6 Å². The van der Waals surface area contributed by atoms with Crippen molar-refractivity contribution < 1.29 is 14.5 Å². The van der Waals surface area contributed by atoms with E-state index in [1.165, 1.54) is 12.1 Å². The largest absolute Gasteiger partial charge is 0.487 e. The smallest absolute Gasteiger partial charge is 0.323 e. The van der Waals surface area contributed by atoms with Crippen molar-refractivity contribution in [2.45, 2.75) is 13.8 Å². The molecule has 2 N–H and O–H groups in total. The maximum absolute atomic E-state index is 11.9. The molecular weight excluding hydrogens is 312 g/mol. The predicted octanol–water partition coefficient (Wildman–Crippen LogP) is 3.67. The van der Waals surface area contributed by atoms with Gasteiger partial charge in [-0.3, -0.25) is 15.1 Å². The number of nitro benzene ring substituents is 1. The summed E-state index contributed by atoms with van der Waals surface area (Å²) in [5.74, 6) is 0.419. The maximum Gasteiger partial charge on any atom is 0.323 e. The van der Waals surface area contributed by atoms with Crippen LogP contribution in [0.1, 0.15) is 13.8 Å². The summed E-state index contributed by atoms with van der Waals surface area (Å²) in [7, 11) is 0. The molecule has 2 rings (SSSR count). The molecule has 0 radical (unpaired) electrons. The molecule has 2 amide bonds. The topological polar surface area (TPSA) is 106 Å². The van der Waals surface area contributed by atoms with Crippen LogP contribution < -0.4 is 15.4 Å². The van der Waals surface area contributed by atoms with E-state index in [9.17, 15) is 14.9 Å². The van der Waals surface area contributed by atoms with Gasteiger partial charge in [0.25, 0.3) is 0 Å². The van der Waals surface area contributed by atoms with E-state index < -0.39 is 11.0 Å². The first-order valence-corrected chi connectivity index (χ1v) is 7.35. The van der Waals surface area contributed by atoms with Crippen LogP contribution in [-0.2, 0) is 0 Å². The molecule has 24 heavy (non-hydrogen) atoms. The summed E-state index contributed by atoms with van der Waals surface area (Å²) < 4.78 is 5.44. The Kier molecular flexibility index (Phi) is 5.67. The van der Waals surface area contributed by atoms with Crippen molar-refractivity contribution in [1.29, 1.82) is 0 Å². The lowest BCUT2D eigenvalue weighted by atomic mass is 10.2. The number of urea groups is 1. The zero-order valence-electron chi connectivity index (χ0n) is 13.4. The average Bonchev–Trinajstić information content (AvgIpc) is 2.54. The molecule has 0 saturated carbocycles. The van der Waals surface area contributed by atoms with Crippen molar-refractivity contribution in [3.63, 3.8) is 0 Å². The van der Waals surface area contributed by atoms with Crippen molar-refractivity contribution >= 4 is 23.1 Å². The molecule has 1 aromatic heterocycles. The molecule has 8 heteroatoms. The Bertz CT molecular complexity index is 719. The number of nitrogens with zero attached hydrogens (tertiary/aromatic N) is 2. The van der Waals surface area contributed by atoms with E-state index in [0.29, 0.717) is 18.0 Å². The summed E-state index contributed by atoms with van der Waals surface area (Å²) >= 11 is 0. The van der Waals surface area contributed by atoms with Crippen molar-refractivity contribution in [3.8, 4) is 5.75 Å². The SMILES string of the molecule is CC(C)COc1ccc(NC(=O)Nc2ccncc2)cc1[N+](=O)[O-]. The maximum atomic E-state index is 11.9. The van der Waals surface area contributed by atoms with E-state index >= 15 is 0 Å². The van der Waals surface area contributed by atoms with Crippen LogP contribution in [0.2, 0.25) is 0 Å². The van der Waals surface area contributed by atoms with E-state index in [0.717, 1.165) is 0 Å². The molecule has 1 aromatic carbocycles. The van der Waals surface area contributed by atoms with E-state index in [-0.39, 0.29) is 17.4 Å². The number of pyridine rings is 1. The van der Waals surface area contributed by atoms with Crippen molar-refractivity contribution in [2.75, 3.05) is 17.2 Å². The Balaban J connectivity index is 2.09. The third-order valence-corrected chi connectivity index (χ3v) is 2.92. The minimum atomic E-state index is -0.540. The Morgan fingerprint density at radius 1 is 1.21 bits per heavy atom. The lowest BCUT2D eigenvalue weighted by molar-refractivity contribution is -0.385. The number of nitro groups is 1. The lowest BCUT2D eigenvalue weighted by Gasteiger charge is -2.11. The number of aromatic nitrogens is 1. The number of anilines is 2. The molecule has 126 valence electrons. The lowest BCUT2D eigenvalue weighted by Crippen LogP contribution is -2.19. The highest BCUT2D eigenvalue weighted by molar-refractivity contribution is 5.99. The number of carbonyl (C=O) groups is 1. The van der Waals surface area contributed by atoms with Gasteiger partial charge < -0.3 is 15.4 Å². The first-order valence-electron chi connectivity index (χ1n) is 7.35. The van der Waals surface area contributed by atoms with Crippen LogP contribution in [0.3, 0.4) is 0 Å². The van der Waals surface area contributed by atoms with Gasteiger partial charge in [0.15, 0.2) is 5.75 Å². The standard InChI is InChI=1S/C16H18N4O4/c1-11(2)10-24-15-4-3-13(9-14(15)20(22)23)19-16(21)18-12-5-7-17-8-6-12/h3-9,11H,10H2,1-2H3,(H2,17,18,19,21). The molecule has 0 spiro atoms. The Labute approximate surface area is 139 Å². The fraction of sp³-hybridized carbons (Fsp3) is 0.250. The number of benzene rings is 1. The number of hydrogen-bond acceptors (Lipinski definition) is 5. The summed E-state index contributed by atoms with van der Waals surface area (Å²) in [6.45, 7) is 4.27. The van der Waals surface area contributed by atoms with Gasteiger partial charge in [-0.2, -0.15) is 0 Å². The Hall–Kier alpha value is -3.16. The fourth-order valence-corrected chi connectivity index (χ4v) is 1.84. The molecule has 1 heterocycles. The minimum Gasteiger partial charge on any atom is -0.487 e. The van der Waals surface area contributed by atoms with Crippen LogP contribution in [0.4, 0.5) is 21.9 Å². The van der Waals surface area contributed by atoms with Crippen LogP contribution in [0.15, 0.2) is 42.7 Å². The molecule has 0 bridgehead atoms. The second-order valence-electron chi connectivity index (χ2n) is 5.46. The molecule has 0 aliphatic rings.